The summed E-state index contributed by atoms with van der Waals surface area (Å²) in [6, 6.07) is 5.63. The van der Waals surface area contributed by atoms with E-state index in [0.717, 1.165) is 16.9 Å². The lowest BCUT2D eigenvalue weighted by atomic mass is 9.99. The van der Waals surface area contributed by atoms with Crippen LogP contribution in [0.25, 0.3) is 0 Å². The molecule has 0 aliphatic carbocycles. The third-order valence-electron chi connectivity index (χ3n) is 3.14. The molecule has 0 fully saturated rings. The van der Waals surface area contributed by atoms with Gasteiger partial charge in [-0.3, -0.25) is 0 Å². The van der Waals surface area contributed by atoms with Gasteiger partial charge in [-0.25, -0.2) is 0 Å². The van der Waals surface area contributed by atoms with Crippen LogP contribution in [0.5, 0.6) is 5.75 Å². The molecule has 108 valence electrons. The Kier molecular flexibility index (Phi) is 5.66. The first-order chi connectivity index (χ1) is 8.87. The summed E-state index contributed by atoms with van der Waals surface area (Å²) in [5.41, 5.74) is 1.96. The van der Waals surface area contributed by atoms with Crippen molar-refractivity contribution in [3.63, 3.8) is 0 Å². The largest absolute Gasteiger partial charge is 0.496 e. The number of hydrogen-bond donors (Lipinski definition) is 1. The number of benzene rings is 1. The summed E-state index contributed by atoms with van der Waals surface area (Å²) >= 11 is 0. The van der Waals surface area contributed by atoms with Gasteiger partial charge in [0.05, 0.1) is 7.11 Å². The van der Waals surface area contributed by atoms with Crippen molar-refractivity contribution in [3.8, 4) is 5.75 Å². The molecule has 0 aliphatic heterocycles. The maximum Gasteiger partial charge on any atom is 0.389 e. The summed E-state index contributed by atoms with van der Waals surface area (Å²) in [6.07, 6.45) is -4.26. The zero-order chi connectivity index (χ0) is 14.5. The number of nitrogens with one attached hydrogen (secondary N) is 1. The Bertz CT molecular complexity index is 404. The van der Waals surface area contributed by atoms with Gasteiger partial charge in [0.2, 0.25) is 0 Å². The van der Waals surface area contributed by atoms with Crippen LogP contribution in [-0.2, 0) is 0 Å². The third-order valence-corrected chi connectivity index (χ3v) is 3.14. The van der Waals surface area contributed by atoms with Crippen LogP contribution in [-0.4, -0.2) is 20.3 Å². The summed E-state index contributed by atoms with van der Waals surface area (Å²) in [6.45, 7) is 1.93. The highest BCUT2D eigenvalue weighted by Gasteiger charge is 2.26. The van der Waals surface area contributed by atoms with Crippen molar-refractivity contribution in [3.05, 3.63) is 29.3 Å². The van der Waals surface area contributed by atoms with Crippen molar-refractivity contribution in [1.29, 1.82) is 0 Å². The van der Waals surface area contributed by atoms with Crippen molar-refractivity contribution in [2.45, 2.75) is 38.4 Å². The van der Waals surface area contributed by atoms with E-state index < -0.39 is 12.6 Å². The number of ether oxygens (including phenoxy) is 1. The average Bonchev–Trinajstić information content (AvgIpc) is 2.34. The third kappa shape index (κ3) is 5.11. The van der Waals surface area contributed by atoms with E-state index in [0.29, 0.717) is 6.42 Å². The number of aryl methyl sites for hydroxylation is 1. The minimum atomic E-state index is -4.08. The van der Waals surface area contributed by atoms with Gasteiger partial charge in [0, 0.05) is 12.5 Å². The SMILES string of the molecule is CNC(CCCC(F)(F)F)c1ccc(C)c(OC)c1. The molecule has 0 saturated carbocycles. The molecule has 5 heteroatoms. The number of methoxy groups -OCH3 is 1. The van der Waals surface area contributed by atoms with Crippen molar-refractivity contribution < 1.29 is 17.9 Å². The van der Waals surface area contributed by atoms with Gasteiger partial charge >= 0.3 is 6.18 Å². The Morgan fingerprint density at radius 3 is 2.53 bits per heavy atom. The number of alkyl halides is 3. The monoisotopic (exact) mass is 275 g/mol. The first-order valence-corrected chi connectivity index (χ1v) is 6.26. The predicted octanol–water partition coefficient (Wildman–Crippen LogP) is 4.00. The molecule has 0 amide bonds. The second kappa shape index (κ2) is 6.80. The van der Waals surface area contributed by atoms with Crippen molar-refractivity contribution >= 4 is 0 Å². The maximum atomic E-state index is 12.1. The lowest BCUT2D eigenvalue weighted by molar-refractivity contribution is -0.135. The van der Waals surface area contributed by atoms with E-state index in [1.54, 1.807) is 14.2 Å². The molecule has 0 aliphatic rings. The normalized spacial score (nSPS) is 13.4. The molecular weight excluding hydrogens is 255 g/mol. The first-order valence-electron chi connectivity index (χ1n) is 6.26. The van der Waals surface area contributed by atoms with Gasteiger partial charge in [0.25, 0.3) is 0 Å². The summed E-state index contributed by atoms with van der Waals surface area (Å²) < 4.78 is 41.7. The molecule has 0 bridgehead atoms. The minimum absolute atomic E-state index is 0.0863. The van der Waals surface area contributed by atoms with E-state index in [-0.39, 0.29) is 12.5 Å². The Balaban J connectivity index is 2.69. The van der Waals surface area contributed by atoms with Gasteiger partial charge in [-0.1, -0.05) is 12.1 Å². The second-order valence-electron chi connectivity index (χ2n) is 4.58. The first kappa shape index (κ1) is 15.8. The fourth-order valence-electron chi connectivity index (χ4n) is 2.04. The Morgan fingerprint density at radius 1 is 1.32 bits per heavy atom. The highest BCUT2D eigenvalue weighted by atomic mass is 19.4. The lowest BCUT2D eigenvalue weighted by Gasteiger charge is -2.18. The summed E-state index contributed by atoms with van der Waals surface area (Å²) in [5.74, 6) is 0.758. The standard InChI is InChI=1S/C14H20F3NO/c1-10-6-7-11(9-13(10)19-3)12(18-2)5-4-8-14(15,16)17/h6-7,9,12,18H,4-5,8H2,1-3H3. The van der Waals surface area contributed by atoms with E-state index in [9.17, 15) is 13.2 Å². The molecule has 0 heterocycles. The van der Waals surface area contributed by atoms with Gasteiger partial charge in [-0.05, 0) is 44.0 Å². The molecule has 1 unspecified atom stereocenters. The molecule has 1 aromatic rings. The smallest absolute Gasteiger partial charge is 0.389 e. The van der Waals surface area contributed by atoms with Crippen LogP contribution in [0.1, 0.15) is 36.4 Å². The molecule has 19 heavy (non-hydrogen) atoms. The van der Waals surface area contributed by atoms with Crippen LogP contribution >= 0.6 is 0 Å². The van der Waals surface area contributed by atoms with E-state index in [2.05, 4.69) is 5.32 Å². The van der Waals surface area contributed by atoms with Gasteiger partial charge < -0.3 is 10.1 Å². The molecule has 1 N–H and O–H groups in total. The fourth-order valence-corrected chi connectivity index (χ4v) is 2.04. The highest BCUT2D eigenvalue weighted by Crippen LogP contribution is 2.28. The van der Waals surface area contributed by atoms with Crippen LogP contribution < -0.4 is 10.1 Å². The molecule has 2 nitrogen and oxygen atoms in total. The summed E-state index contributed by atoms with van der Waals surface area (Å²) in [4.78, 5) is 0. The minimum Gasteiger partial charge on any atom is -0.496 e. The number of halogens is 3. The van der Waals surface area contributed by atoms with Crippen LogP contribution in [0.15, 0.2) is 18.2 Å². The van der Waals surface area contributed by atoms with Crippen molar-refractivity contribution in [2.24, 2.45) is 0 Å². The number of rotatable bonds is 6. The van der Waals surface area contributed by atoms with E-state index in [4.69, 9.17) is 4.74 Å². The molecule has 1 atom stereocenters. The van der Waals surface area contributed by atoms with Crippen molar-refractivity contribution in [1.82, 2.24) is 5.32 Å². The zero-order valence-electron chi connectivity index (χ0n) is 11.5. The Labute approximate surface area is 112 Å². The second-order valence-corrected chi connectivity index (χ2v) is 4.58. The molecule has 0 spiro atoms. The lowest BCUT2D eigenvalue weighted by Crippen LogP contribution is -2.17. The fraction of sp³-hybridized carbons (Fsp3) is 0.571. The maximum absolute atomic E-state index is 12.1. The topological polar surface area (TPSA) is 21.3 Å². The van der Waals surface area contributed by atoms with Crippen LogP contribution in [0.4, 0.5) is 13.2 Å². The van der Waals surface area contributed by atoms with Gasteiger partial charge in [0.15, 0.2) is 0 Å². The quantitative estimate of drug-likeness (QED) is 0.847. The summed E-state index contributed by atoms with van der Waals surface area (Å²) in [7, 11) is 3.34. The Morgan fingerprint density at radius 2 is 2.00 bits per heavy atom. The predicted molar refractivity (Wildman–Crippen MR) is 69.4 cm³/mol. The van der Waals surface area contributed by atoms with Gasteiger partial charge in [0.1, 0.15) is 5.75 Å². The molecule has 0 aromatic heterocycles. The summed E-state index contributed by atoms with van der Waals surface area (Å²) in [5, 5.41) is 3.05. The number of hydrogen-bond acceptors (Lipinski definition) is 2. The van der Waals surface area contributed by atoms with Crippen molar-refractivity contribution in [2.75, 3.05) is 14.2 Å². The molecule has 0 saturated heterocycles. The average molecular weight is 275 g/mol. The zero-order valence-corrected chi connectivity index (χ0v) is 11.5. The highest BCUT2D eigenvalue weighted by molar-refractivity contribution is 5.37. The van der Waals surface area contributed by atoms with E-state index >= 15 is 0 Å². The van der Waals surface area contributed by atoms with Gasteiger partial charge in [-0.15, -0.1) is 0 Å². The Hall–Kier alpha value is -1.23. The molecule has 1 rings (SSSR count). The van der Waals surface area contributed by atoms with Gasteiger partial charge in [-0.2, -0.15) is 13.2 Å². The van der Waals surface area contributed by atoms with E-state index in [1.165, 1.54) is 0 Å². The molecule has 1 aromatic carbocycles. The molecular formula is C14H20F3NO. The van der Waals surface area contributed by atoms with Crippen LogP contribution in [0, 0.1) is 6.92 Å². The van der Waals surface area contributed by atoms with Crippen LogP contribution in [0.3, 0.4) is 0 Å². The molecule has 0 radical (unpaired) electrons. The van der Waals surface area contributed by atoms with Crippen LogP contribution in [0.2, 0.25) is 0 Å². The van der Waals surface area contributed by atoms with E-state index in [1.807, 2.05) is 25.1 Å².